The molecule has 1 aliphatic rings. The number of carbonyl (C=O) groups is 2. The molecule has 2 aromatic rings. The van der Waals surface area contributed by atoms with Gasteiger partial charge in [-0.25, -0.2) is 0 Å². The molecule has 0 spiro atoms. The average Bonchev–Trinajstić information content (AvgIpc) is 2.65. The van der Waals surface area contributed by atoms with Crippen molar-refractivity contribution < 1.29 is 14.3 Å². The lowest BCUT2D eigenvalue weighted by molar-refractivity contribution is -0.118. The summed E-state index contributed by atoms with van der Waals surface area (Å²) >= 11 is 0. The molecule has 6 heteroatoms. The van der Waals surface area contributed by atoms with E-state index in [1.54, 1.807) is 23.1 Å². The van der Waals surface area contributed by atoms with Gasteiger partial charge in [-0.3, -0.25) is 9.59 Å². The van der Waals surface area contributed by atoms with Crippen LogP contribution in [0.4, 0.5) is 11.4 Å². The van der Waals surface area contributed by atoms with Crippen LogP contribution in [0.15, 0.2) is 42.5 Å². The first-order valence-electron chi connectivity index (χ1n) is 8.60. The molecule has 1 heterocycles. The zero-order chi connectivity index (χ0) is 18.7. The second-order valence-corrected chi connectivity index (χ2v) is 6.43. The van der Waals surface area contributed by atoms with E-state index >= 15 is 0 Å². The molecular formula is C20H23N3O3. The number of benzene rings is 2. The Morgan fingerprint density at radius 2 is 1.88 bits per heavy atom. The molecule has 0 bridgehead atoms. The minimum atomic E-state index is -0.187. The Morgan fingerprint density at radius 3 is 2.54 bits per heavy atom. The van der Waals surface area contributed by atoms with Crippen LogP contribution in [0.25, 0.3) is 0 Å². The molecule has 2 amide bonds. The molecule has 0 radical (unpaired) electrons. The Kier molecular flexibility index (Phi) is 5.11. The lowest BCUT2D eigenvalue weighted by atomic mass is 10.1. The molecule has 1 N–H and O–H groups in total. The van der Waals surface area contributed by atoms with Crippen molar-refractivity contribution in [2.24, 2.45) is 0 Å². The van der Waals surface area contributed by atoms with Gasteiger partial charge in [0.05, 0.1) is 5.69 Å². The number of ether oxygens (including phenoxy) is 1. The fraction of sp³-hybridized carbons (Fsp3) is 0.300. The van der Waals surface area contributed by atoms with Gasteiger partial charge in [0.25, 0.3) is 11.8 Å². The van der Waals surface area contributed by atoms with Crippen LogP contribution < -0.4 is 15.0 Å². The Bertz CT molecular complexity index is 816. The summed E-state index contributed by atoms with van der Waals surface area (Å²) in [6.45, 7) is 3.07. The fourth-order valence-electron chi connectivity index (χ4n) is 2.84. The molecule has 3 rings (SSSR count). The Hall–Kier alpha value is -3.02. The molecule has 136 valence electrons. The maximum absolute atomic E-state index is 12.9. The summed E-state index contributed by atoms with van der Waals surface area (Å²) in [5.41, 5.74) is 3.34. The lowest BCUT2D eigenvalue weighted by Crippen LogP contribution is -2.31. The van der Waals surface area contributed by atoms with Crippen LogP contribution in [0.5, 0.6) is 5.75 Å². The first-order valence-corrected chi connectivity index (χ1v) is 8.60. The topological polar surface area (TPSA) is 61.9 Å². The molecule has 1 aliphatic heterocycles. The van der Waals surface area contributed by atoms with Crippen molar-refractivity contribution in [3.8, 4) is 5.75 Å². The number of nitrogens with zero attached hydrogens (tertiary/aromatic N) is 2. The van der Waals surface area contributed by atoms with Crippen molar-refractivity contribution in [1.82, 2.24) is 4.90 Å². The lowest BCUT2D eigenvalue weighted by Gasteiger charge is -2.23. The van der Waals surface area contributed by atoms with Crippen LogP contribution in [0.2, 0.25) is 0 Å². The Balaban J connectivity index is 1.75. The Labute approximate surface area is 153 Å². The van der Waals surface area contributed by atoms with Gasteiger partial charge < -0.3 is 19.9 Å². The Morgan fingerprint density at radius 1 is 1.15 bits per heavy atom. The van der Waals surface area contributed by atoms with Crippen molar-refractivity contribution in [1.29, 1.82) is 0 Å². The molecule has 0 aromatic heterocycles. The third-order valence-electron chi connectivity index (χ3n) is 4.36. The van der Waals surface area contributed by atoms with Crippen LogP contribution >= 0.6 is 0 Å². The SMILES string of the molecule is CCN(Cc1ccc(N(C)C)cc1)C(=O)c1ccc2c(c1)OCC(=O)N2. The van der Waals surface area contributed by atoms with Crippen LogP contribution in [0.3, 0.4) is 0 Å². The molecule has 0 atom stereocenters. The standard InChI is InChI=1S/C20H23N3O3/c1-4-23(12-14-5-8-16(9-6-14)22(2)3)20(25)15-7-10-17-18(11-15)26-13-19(24)21-17/h5-11H,4,12-13H2,1-3H3,(H,21,24). The van der Waals surface area contributed by atoms with E-state index in [1.807, 2.05) is 50.2 Å². The van der Waals surface area contributed by atoms with Gasteiger partial charge in [0, 0.05) is 38.4 Å². The van der Waals surface area contributed by atoms with Gasteiger partial charge in [0.1, 0.15) is 5.75 Å². The van der Waals surface area contributed by atoms with E-state index in [4.69, 9.17) is 4.74 Å². The van der Waals surface area contributed by atoms with Gasteiger partial charge in [-0.15, -0.1) is 0 Å². The van der Waals surface area contributed by atoms with Crippen LogP contribution in [0.1, 0.15) is 22.8 Å². The number of amides is 2. The first-order chi connectivity index (χ1) is 12.5. The number of fused-ring (bicyclic) bond motifs is 1. The van der Waals surface area contributed by atoms with E-state index in [0.717, 1.165) is 11.3 Å². The second-order valence-electron chi connectivity index (χ2n) is 6.43. The predicted octanol–water partition coefficient (Wildman–Crippen LogP) is 2.75. The number of nitrogens with one attached hydrogen (secondary N) is 1. The van der Waals surface area contributed by atoms with Gasteiger partial charge in [0.15, 0.2) is 6.61 Å². The second kappa shape index (κ2) is 7.47. The summed E-state index contributed by atoms with van der Waals surface area (Å²) in [6, 6.07) is 13.3. The fourth-order valence-corrected chi connectivity index (χ4v) is 2.84. The van der Waals surface area contributed by atoms with Crippen LogP contribution in [-0.2, 0) is 11.3 Å². The molecule has 0 aliphatic carbocycles. The first kappa shape index (κ1) is 17.8. The van der Waals surface area contributed by atoms with Gasteiger partial charge in [-0.1, -0.05) is 12.1 Å². The summed E-state index contributed by atoms with van der Waals surface area (Å²) in [4.78, 5) is 28.1. The highest BCUT2D eigenvalue weighted by molar-refractivity contribution is 5.99. The minimum absolute atomic E-state index is 0.0274. The molecule has 0 unspecified atom stereocenters. The van der Waals surface area contributed by atoms with Crippen LogP contribution in [0, 0.1) is 0 Å². The zero-order valence-electron chi connectivity index (χ0n) is 15.3. The molecule has 0 saturated heterocycles. The van der Waals surface area contributed by atoms with E-state index in [2.05, 4.69) is 5.32 Å². The number of anilines is 2. The summed E-state index contributed by atoms with van der Waals surface area (Å²) in [7, 11) is 3.99. The van der Waals surface area contributed by atoms with Gasteiger partial charge in [0.2, 0.25) is 0 Å². The third-order valence-corrected chi connectivity index (χ3v) is 4.36. The molecular weight excluding hydrogens is 330 g/mol. The van der Waals surface area contributed by atoms with Crippen molar-refractivity contribution in [3.05, 3.63) is 53.6 Å². The minimum Gasteiger partial charge on any atom is -0.482 e. The number of carbonyl (C=O) groups excluding carboxylic acids is 2. The maximum atomic E-state index is 12.9. The summed E-state index contributed by atoms with van der Waals surface area (Å²) in [5.74, 6) is 0.280. The summed E-state index contributed by atoms with van der Waals surface area (Å²) < 4.78 is 5.41. The van der Waals surface area contributed by atoms with Crippen molar-refractivity contribution in [3.63, 3.8) is 0 Å². The summed E-state index contributed by atoms with van der Waals surface area (Å²) in [5, 5.41) is 2.73. The third kappa shape index (κ3) is 3.79. The zero-order valence-corrected chi connectivity index (χ0v) is 15.3. The van der Waals surface area contributed by atoms with Crippen molar-refractivity contribution in [2.45, 2.75) is 13.5 Å². The number of hydrogen-bond acceptors (Lipinski definition) is 4. The molecule has 26 heavy (non-hydrogen) atoms. The van der Waals surface area contributed by atoms with Crippen LogP contribution in [-0.4, -0.2) is 44.0 Å². The number of rotatable bonds is 5. The van der Waals surface area contributed by atoms with E-state index in [1.165, 1.54) is 0 Å². The highest BCUT2D eigenvalue weighted by Gasteiger charge is 2.20. The predicted molar refractivity (Wildman–Crippen MR) is 102 cm³/mol. The van der Waals surface area contributed by atoms with Crippen molar-refractivity contribution in [2.75, 3.05) is 37.5 Å². The quantitative estimate of drug-likeness (QED) is 0.898. The normalized spacial score (nSPS) is 12.7. The number of hydrogen-bond donors (Lipinski definition) is 1. The highest BCUT2D eigenvalue weighted by atomic mass is 16.5. The van der Waals surface area contributed by atoms with E-state index in [9.17, 15) is 9.59 Å². The van der Waals surface area contributed by atoms with Gasteiger partial charge >= 0.3 is 0 Å². The largest absolute Gasteiger partial charge is 0.482 e. The monoisotopic (exact) mass is 353 g/mol. The van der Waals surface area contributed by atoms with Gasteiger partial charge in [-0.05, 0) is 42.8 Å². The van der Waals surface area contributed by atoms with E-state index in [0.29, 0.717) is 30.1 Å². The summed E-state index contributed by atoms with van der Waals surface area (Å²) in [6.07, 6.45) is 0. The molecule has 6 nitrogen and oxygen atoms in total. The maximum Gasteiger partial charge on any atom is 0.262 e. The average molecular weight is 353 g/mol. The smallest absolute Gasteiger partial charge is 0.262 e. The van der Waals surface area contributed by atoms with Crippen molar-refractivity contribution >= 4 is 23.2 Å². The molecule has 0 saturated carbocycles. The van der Waals surface area contributed by atoms with E-state index in [-0.39, 0.29) is 18.4 Å². The van der Waals surface area contributed by atoms with E-state index < -0.39 is 0 Å². The molecule has 0 fully saturated rings. The highest BCUT2D eigenvalue weighted by Crippen LogP contribution is 2.29. The molecule has 2 aromatic carbocycles. The van der Waals surface area contributed by atoms with Gasteiger partial charge in [-0.2, -0.15) is 0 Å².